The van der Waals surface area contributed by atoms with Crippen LogP contribution in [-0.4, -0.2) is 35.6 Å². The van der Waals surface area contributed by atoms with Crippen molar-refractivity contribution in [2.45, 2.75) is 19.5 Å². The van der Waals surface area contributed by atoms with E-state index in [2.05, 4.69) is 20.9 Å². The van der Waals surface area contributed by atoms with Crippen molar-refractivity contribution in [2.24, 2.45) is 0 Å². The molecule has 2 heterocycles. The summed E-state index contributed by atoms with van der Waals surface area (Å²) in [6, 6.07) is 6.03. The Morgan fingerprint density at radius 2 is 2.05 bits per heavy atom. The Morgan fingerprint density at radius 1 is 1.23 bits per heavy atom. The molecule has 2 N–H and O–H groups in total. The van der Waals surface area contributed by atoms with Gasteiger partial charge in [-0.2, -0.15) is 0 Å². The number of methoxy groups -OCH3 is 2. The van der Waals surface area contributed by atoms with Crippen molar-refractivity contribution >= 4 is 5.95 Å². The molecule has 6 heteroatoms. The third kappa shape index (κ3) is 2.96. The van der Waals surface area contributed by atoms with E-state index in [9.17, 15) is 0 Å². The number of rotatable bonds is 4. The number of fused-ring (bicyclic) bond motifs is 1. The first-order valence-electron chi connectivity index (χ1n) is 7.23. The van der Waals surface area contributed by atoms with Crippen LogP contribution in [0.25, 0.3) is 0 Å². The molecule has 1 aromatic heterocycles. The summed E-state index contributed by atoms with van der Waals surface area (Å²) in [6.07, 6.45) is 2.73. The van der Waals surface area contributed by atoms with E-state index in [1.54, 1.807) is 14.2 Å². The van der Waals surface area contributed by atoms with Crippen molar-refractivity contribution < 1.29 is 9.47 Å². The minimum absolute atomic E-state index is 0.354. The molecule has 1 aliphatic heterocycles. The van der Waals surface area contributed by atoms with Crippen LogP contribution in [0, 0.1) is 0 Å². The van der Waals surface area contributed by atoms with Gasteiger partial charge in [0.1, 0.15) is 0 Å². The van der Waals surface area contributed by atoms with Gasteiger partial charge < -0.3 is 15.2 Å². The van der Waals surface area contributed by atoms with E-state index in [0.717, 1.165) is 48.8 Å². The molecule has 0 aliphatic carbocycles. The fourth-order valence-electron chi connectivity index (χ4n) is 2.76. The highest BCUT2D eigenvalue weighted by Gasteiger charge is 2.18. The number of nitrogens with zero attached hydrogens (tertiary/aromatic N) is 3. The quantitative estimate of drug-likeness (QED) is 0.925. The lowest BCUT2D eigenvalue weighted by atomic mass is 10.1. The van der Waals surface area contributed by atoms with Crippen molar-refractivity contribution in [1.29, 1.82) is 0 Å². The van der Waals surface area contributed by atoms with Crippen LogP contribution < -0.4 is 15.2 Å². The predicted octanol–water partition coefficient (Wildman–Crippen LogP) is 1.63. The predicted molar refractivity (Wildman–Crippen MR) is 83.8 cm³/mol. The zero-order chi connectivity index (χ0) is 15.5. The third-order valence-corrected chi connectivity index (χ3v) is 3.89. The standard InChI is InChI=1S/C16H20N4O2/c1-21-14-4-3-11(7-15(14)22-2)9-20-6-5-13-12(10-20)8-18-16(17)19-13/h3-4,7-8H,5-6,9-10H2,1-2H3,(H2,17,18,19). The Hall–Kier alpha value is -2.34. The van der Waals surface area contributed by atoms with Crippen molar-refractivity contribution in [3.8, 4) is 11.5 Å². The van der Waals surface area contributed by atoms with Crippen LogP contribution in [-0.2, 0) is 19.5 Å². The molecule has 0 bridgehead atoms. The van der Waals surface area contributed by atoms with Gasteiger partial charge in [0.2, 0.25) is 5.95 Å². The maximum atomic E-state index is 5.64. The number of aromatic nitrogens is 2. The van der Waals surface area contributed by atoms with Crippen molar-refractivity contribution in [3.05, 3.63) is 41.2 Å². The average Bonchev–Trinajstić information content (AvgIpc) is 2.55. The molecule has 0 radical (unpaired) electrons. The molecule has 0 fully saturated rings. The topological polar surface area (TPSA) is 73.5 Å². The maximum Gasteiger partial charge on any atom is 0.220 e. The number of anilines is 1. The fourth-order valence-corrected chi connectivity index (χ4v) is 2.76. The van der Waals surface area contributed by atoms with E-state index in [0.29, 0.717) is 5.95 Å². The lowest BCUT2D eigenvalue weighted by molar-refractivity contribution is 0.242. The summed E-state index contributed by atoms with van der Waals surface area (Å²) in [4.78, 5) is 10.8. The molecule has 0 saturated carbocycles. The van der Waals surface area contributed by atoms with Crippen LogP contribution in [0.4, 0.5) is 5.95 Å². The molecular weight excluding hydrogens is 280 g/mol. The first kappa shape index (κ1) is 14.6. The molecule has 1 aromatic carbocycles. The van der Waals surface area contributed by atoms with Crippen LogP contribution in [0.15, 0.2) is 24.4 Å². The summed E-state index contributed by atoms with van der Waals surface area (Å²) in [5.74, 6) is 1.86. The van der Waals surface area contributed by atoms with Gasteiger partial charge in [-0.3, -0.25) is 4.90 Å². The first-order valence-corrected chi connectivity index (χ1v) is 7.23. The van der Waals surface area contributed by atoms with Crippen molar-refractivity contribution in [3.63, 3.8) is 0 Å². The van der Waals surface area contributed by atoms with E-state index >= 15 is 0 Å². The van der Waals surface area contributed by atoms with Crippen molar-refractivity contribution in [2.75, 3.05) is 26.5 Å². The highest BCUT2D eigenvalue weighted by Crippen LogP contribution is 2.28. The van der Waals surface area contributed by atoms with Gasteiger partial charge in [-0.25, -0.2) is 9.97 Å². The fraction of sp³-hybridized carbons (Fsp3) is 0.375. The zero-order valence-corrected chi connectivity index (χ0v) is 12.9. The summed E-state index contributed by atoms with van der Waals surface area (Å²) in [5, 5.41) is 0. The minimum Gasteiger partial charge on any atom is -0.493 e. The SMILES string of the molecule is COc1ccc(CN2CCc3nc(N)ncc3C2)cc1OC. The minimum atomic E-state index is 0.354. The summed E-state index contributed by atoms with van der Waals surface area (Å²) in [7, 11) is 3.30. The molecule has 0 saturated heterocycles. The van der Waals surface area contributed by atoms with Gasteiger partial charge >= 0.3 is 0 Å². The molecular formula is C16H20N4O2. The molecule has 1 aliphatic rings. The lowest BCUT2D eigenvalue weighted by Crippen LogP contribution is -2.31. The highest BCUT2D eigenvalue weighted by molar-refractivity contribution is 5.43. The summed E-state index contributed by atoms with van der Waals surface area (Å²) < 4.78 is 10.6. The molecule has 0 spiro atoms. The second-order valence-corrected chi connectivity index (χ2v) is 5.35. The average molecular weight is 300 g/mol. The molecule has 116 valence electrons. The molecule has 6 nitrogen and oxygen atoms in total. The zero-order valence-electron chi connectivity index (χ0n) is 12.9. The second-order valence-electron chi connectivity index (χ2n) is 5.35. The van der Waals surface area contributed by atoms with Gasteiger partial charge in [-0.05, 0) is 17.7 Å². The molecule has 22 heavy (non-hydrogen) atoms. The number of hydrogen-bond donors (Lipinski definition) is 1. The highest BCUT2D eigenvalue weighted by atomic mass is 16.5. The Kier molecular flexibility index (Phi) is 4.11. The lowest BCUT2D eigenvalue weighted by Gasteiger charge is -2.28. The molecule has 0 amide bonds. The molecule has 3 rings (SSSR count). The van der Waals surface area contributed by atoms with E-state index < -0.39 is 0 Å². The van der Waals surface area contributed by atoms with Crippen LogP contribution in [0.3, 0.4) is 0 Å². The molecule has 0 unspecified atom stereocenters. The Bertz CT molecular complexity index is 675. The van der Waals surface area contributed by atoms with E-state index in [4.69, 9.17) is 15.2 Å². The van der Waals surface area contributed by atoms with Gasteiger partial charge in [0.15, 0.2) is 11.5 Å². The summed E-state index contributed by atoms with van der Waals surface area (Å²) >= 11 is 0. The summed E-state index contributed by atoms with van der Waals surface area (Å²) in [6.45, 7) is 2.64. The number of nitrogens with two attached hydrogens (primary N) is 1. The molecule has 0 atom stereocenters. The van der Waals surface area contributed by atoms with E-state index in [1.165, 1.54) is 5.56 Å². The van der Waals surface area contributed by atoms with Gasteiger partial charge in [0.05, 0.1) is 19.9 Å². The van der Waals surface area contributed by atoms with Gasteiger partial charge in [0.25, 0.3) is 0 Å². The smallest absolute Gasteiger partial charge is 0.220 e. The number of benzene rings is 1. The third-order valence-electron chi connectivity index (χ3n) is 3.89. The maximum absolute atomic E-state index is 5.64. The summed E-state index contributed by atoms with van der Waals surface area (Å²) in [5.41, 5.74) is 9.05. The van der Waals surface area contributed by atoms with Gasteiger partial charge in [0, 0.05) is 37.8 Å². The number of ether oxygens (including phenoxy) is 2. The second kappa shape index (κ2) is 6.19. The first-order chi connectivity index (χ1) is 10.7. The normalized spacial score (nSPS) is 14.5. The Labute approximate surface area is 129 Å². The largest absolute Gasteiger partial charge is 0.493 e. The number of hydrogen-bond acceptors (Lipinski definition) is 6. The monoisotopic (exact) mass is 300 g/mol. The van der Waals surface area contributed by atoms with Crippen LogP contribution in [0.5, 0.6) is 11.5 Å². The van der Waals surface area contributed by atoms with Crippen LogP contribution in [0.2, 0.25) is 0 Å². The Morgan fingerprint density at radius 3 is 2.82 bits per heavy atom. The van der Waals surface area contributed by atoms with Gasteiger partial charge in [-0.1, -0.05) is 6.07 Å². The van der Waals surface area contributed by atoms with E-state index in [1.807, 2.05) is 18.3 Å². The number of nitrogen functional groups attached to an aromatic ring is 1. The van der Waals surface area contributed by atoms with Gasteiger partial charge in [-0.15, -0.1) is 0 Å². The van der Waals surface area contributed by atoms with E-state index in [-0.39, 0.29) is 0 Å². The molecule has 2 aromatic rings. The van der Waals surface area contributed by atoms with Crippen LogP contribution >= 0.6 is 0 Å². The Balaban J connectivity index is 1.73. The van der Waals surface area contributed by atoms with Crippen LogP contribution in [0.1, 0.15) is 16.8 Å². The van der Waals surface area contributed by atoms with Crippen molar-refractivity contribution in [1.82, 2.24) is 14.9 Å².